The molecule has 0 aliphatic carbocycles. The molecule has 15 heavy (non-hydrogen) atoms. The minimum atomic E-state index is -2.25. The molecule has 0 bridgehead atoms. The van der Waals surface area contributed by atoms with Gasteiger partial charge in [0.15, 0.2) is 0 Å². The zero-order chi connectivity index (χ0) is 12.2. The summed E-state index contributed by atoms with van der Waals surface area (Å²) < 4.78 is 15.8. The van der Waals surface area contributed by atoms with Crippen LogP contribution in [0.25, 0.3) is 0 Å². The maximum Gasteiger partial charge on any atom is 0.500 e. The van der Waals surface area contributed by atoms with Gasteiger partial charge in [-0.3, -0.25) is 0 Å². The van der Waals surface area contributed by atoms with Crippen LogP contribution in [-0.2, 0) is 18.1 Å². The highest BCUT2D eigenvalue weighted by molar-refractivity contribution is 6.60. The van der Waals surface area contributed by atoms with Gasteiger partial charge in [-0.25, -0.2) is 10.2 Å². The van der Waals surface area contributed by atoms with Crippen LogP contribution in [0.4, 0.5) is 0 Å². The number of hydrogen-bond donors (Lipinski definition) is 1. The Morgan fingerprint density at radius 2 is 1.53 bits per heavy atom. The van der Waals surface area contributed by atoms with Crippen LogP contribution < -0.4 is 0 Å². The van der Waals surface area contributed by atoms with E-state index in [1.54, 1.807) is 21.3 Å². The second kappa shape index (κ2) is 11.6. The molecule has 0 radical (unpaired) electrons. The molecule has 0 fully saturated rings. The number of nitrogens with one attached hydrogen (secondary N) is 1. The maximum atomic E-state index is 8.35. The Labute approximate surface area is 92.6 Å². The van der Waals surface area contributed by atoms with Crippen molar-refractivity contribution in [3.8, 4) is 0 Å². The molecule has 0 rings (SSSR count). The highest BCUT2D eigenvalue weighted by Gasteiger charge is 2.36. The molecule has 1 N–H and O–H groups in total. The number of unbranched alkanes of at least 4 members (excludes halogenated alkanes) is 2. The number of carbonyl (C=O) groups excluding carboxylic acids is 1. The molecule has 0 saturated carbocycles. The van der Waals surface area contributed by atoms with Gasteiger partial charge in [-0.1, -0.05) is 19.8 Å². The lowest BCUT2D eigenvalue weighted by Gasteiger charge is -2.23. The molecule has 6 heteroatoms. The van der Waals surface area contributed by atoms with Crippen molar-refractivity contribution in [2.45, 2.75) is 32.2 Å². The molecule has 90 valence electrons. The molecule has 0 amide bonds. The Balaban J connectivity index is 0. The lowest BCUT2D eigenvalue weighted by atomic mass is 10.3. The maximum absolute atomic E-state index is 8.35. The van der Waals surface area contributed by atoms with Crippen LogP contribution in [0.2, 0.25) is 6.04 Å². The van der Waals surface area contributed by atoms with E-state index in [4.69, 9.17) is 23.5 Å². The third-order valence-electron chi connectivity index (χ3n) is 2.02. The van der Waals surface area contributed by atoms with Gasteiger partial charge in [-0.15, -0.1) is 0 Å². The van der Waals surface area contributed by atoms with E-state index in [-0.39, 0.29) is 0 Å². The average Bonchev–Trinajstić information content (AvgIpc) is 2.27. The standard InChI is InChI=1S/C8H20O3Si.CHNO/c1-5-6-7-8-12(9-2,10-3)11-4;2-1-3/h5-8H2,1-4H3;2H. The monoisotopic (exact) mass is 235 g/mol. The Kier molecular flexibility index (Phi) is 13.0. The van der Waals surface area contributed by atoms with Crippen LogP contribution in [0, 0.1) is 5.41 Å². The molecule has 0 heterocycles. The fourth-order valence-corrected chi connectivity index (χ4v) is 2.94. The molecule has 0 aliphatic rings. The Morgan fingerprint density at radius 3 is 1.80 bits per heavy atom. The molecule has 0 aliphatic heterocycles. The van der Waals surface area contributed by atoms with Crippen molar-refractivity contribution in [1.29, 1.82) is 5.41 Å². The largest absolute Gasteiger partial charge is 0.500 e. The quantitative estimate of drug-likeness (QED) is 0.317. The van der Waals surface area contributed by atoms with Gasteiger partial charge >= 0.3 is 8.80 Å². The Morgan fingerprint density at radius 1 is 1.13 bits per heavy atom. The van der Waals surface area contributed by atoms with Crippen molar-refractivity contribution in [2.24, 2.45) is 0 Å². The summed E-state index contributed by atoms with van der Waals surface area (Å²) in [4.78, 5) is 8.35. The summed E-state index contributed by atoms with van der Waals surface area (Å²) in [7, 11) is 2.72. The smallest absolute Gasteiger partial charge is 0.377 e. The summed E-state index contributed by atoms with van der Waals surface area (Å²) >= 11 is 0. The first-order valence-corrected chi connectivity index (χ1v) is 6.78. The van der Waals surface area contributed by atoms with Gasteiger partial charge in [-0.05, 0) is 6.42 Å². The molecule has 0 aromatic rings. The molecule has 0 saturated heterocycles. The van der Waals surface area contributed by atoms with Crippen LogP contribution in [0.5, 0.6) is 0 Å². The number of isocyanates is 1. The SMILES string of the molecule is CCCCC[Si](OC)(OC)OC.N=C=O. The van der Waals surface area contributed by atoms with Crippen LogP contribution in [0.1, 0.15) is 26.2 Å². The molecule has 0 atom stereocenters. The van der Waals surface area contributed by atoms with E-state index in [9.17, 15) is 0 Å². The van der Waals surface area contributed by atoms with Crippen molar-refractivity contribution >= 4 is 14.9 Å². The number of hydrogen-bond acceptors (Lipinski definition) is 5. The summed E-state index contributed by atoms with van der Waals surface area (Å²) in [6.07, 6.45) is 4.30. The third kappa shape index (κ3) is 8.47. The van der Waals surface area contributed by atoms with E-state index >= 15 is 0 Å². The summed E-state index contributed by atoms with van der Waals surface area (Å²) in [5, 5.41) is 5.40. The van der Waals surface area contributed by atoms with Gasteiger partial charge in [0.25, 0.3) is 0 Å². The van der Waals surface area contributed by atoms with Crippen molar-refractivity contribution in [3.05, 3.63) is 0 Å². The van der Waals surface area contributed by atoms with Crippen LogP contribution >= 0.6 is 0 Å². The van der Waals surface area contributed by atoms with E-state index in [1.165, 1.54) is 12.8 Å². The van der Waals surface area contributed by atoms with Gasteiger partial charge in [-0.2, -0.15) is 0 Å². The van der Waals surface area contributed by atoms with Crippen molar-refractivity contribution in [3.63, 3.8) is 0 Å². The molecular formula is C9H21NO4Si. The molecule has 0 aromatic carbocycles. The summed E-state index contributed by atoms with van der Waals surface area (Å²) in [6.45, 7) is 2.18. The van der Waals surface area contributed by atoms with E-state index in [1.807, 2.05) is 0 Å². The number of rotatable bonds is 7. The first-order valence-electron chi connectivity index (χ1n) is 4.85. The molecule has 5 nitrogen and oxygen atoms in total. The first kappa shape index (κ1) is 16.9. The fourth-order valence-electron chi connectivity index (χ4n) is 1.15. The lowest BCUT2D eigenvalue weighted by Crippen LogP contribution is -2.42. The Bertz CT molecular complexity index is 159. The highest BCUT2D eigenvalue weighted by atomic mass is 28.4. The summed E-state index contributed by atoms with van der Waals surface area (Å²) in [5.74, 6) is 0. The van der Waals surface area contributed by atoms with Gasteiger partial charge in [0.05, 0.1) is 0 Å². The molecule has 0 spiro atoms. The first-order chi connectivity index (χ1) is 7.16. The Hall–Kier alpha value is -0.523. The van der Waals surface area contributed by atoms with Crippen molar-refractivity contribution in [1.82, 2.24) is 0 Å². The van der Waals surface area contributed by atoms with Crippen molar-refractivity contribution in [2.75, 3.05) is 21.3 Å². The minimum Gasteiger partial charge on any atom is -0.377 e. The molecule has 0 aromatic heterocycles. The second-order valence-electron chi connectivity index (χ2n) is 2.85. The van der Waals surface area contributed by atoms with Crippen LogP contribution in [0.15, 0.2) is 0 Å². The van der Waals surface area contributed by atoms with Gasteiger partial charge in [0.2, 0.25) is 6.08 Å². The van der Waals surface area contributed by atoms with Gasteiger partial charge in [0, 0.05) is 27.4 Å². The predicted octanol–water partition coefficient (Wildman–Crippen LogP) is 1.96. The molecule has 0 unspecified atom stereocenters. The average molecular weight is 235 g/mol. The van der Waals surface area contributed by atoms with Gasteiger partial charge in [0.1, 0.15) is 0 Å². The lowest BCUT2D eigenvalue weighted by molar-refractivity contribution is 0.123. The molecular weight excluding hydrogens is 214 g/mol. The third-order valence-corrected chi connectivity index (χ3v) is 4.85. The minimum absolute atomic E-state index is 0.750. The summed E-state index contributed by atoms with van der Waals surface area (Å²) in [5.41, 5.74) is 0. The van der Waals surface area contributed by atoms with E-state index in [0.717, 1.165) is 18.5 Å². The second-order valence-corrected chi connectivity index (χ2v) is 5.95. The zero-order valence-electron chi connectivity index (χ0n) is 9.96. The normalized spacial score (nSPS) is 10.1. The topological polar surface area (TPSA) is 68.6 Å². The zero-order valence-corrected chi connectivity index (χ0v) is 11.0. The summed E-state index contributed by atoms with van der Waals surface area (Å²) in [6, 6.07) is 0.921. The van der Waals surface area contributed by atoms with Crippen LogP contribution in [0.3, 0.4) is 0 Å². The van der Waals surface area contributed by atoms with Gasteiger partial charge < -0.3 is 13.3 Å². The fraction of sp³-hybridized carbons (Fsp3) is 0.889. The van der Waals surface area contributed by atoms with E-state index < -0.39 is 8.80 Å². The van der Waals surface area contributed by atoms with Crippen LogP contribution in [-0.4, -0.2) is 36.2 Å². The predicted molar refractivity (Wildman–Crippen MR) is 59.5 cm³/mol. The van der Waals surface area contributed by atoms with E-state index in [0.29, 0.717) is 0 Å². The highest BCUT2D eigenvalue weighted by Crippen LogP contribution is 2.16. The van der Waals surface area contributed by atoms with Crippen molar-refractivity contribution < 1.29 is 18.1 Å². The van der Waals surface area contributed by atoms with E-state index in [2.05, 4.69) is 6.92 Å².